The predicted molar refractivity (Wildman–Crippen MR) is 49.8 cm³/mol. The second-order valence-electron chi connectivity index (χ2n) is 4.08. The second-order valence-corrected chi connectivity index (χ2v) is 4.08. The zero-order valence-electron chi connectivity index (χ0n) is 8.07. The van der Waals surface area contributed by atoms with Gasteiger partial charge in [0, 0.05) is 12.8 Å². The molecule has 0 aromatic carbocycles. The molecule has 3 heteroatoms. The highest BCUT2D eigenvalue weighted by Crippen LogP contribution is 2.37. The van der Waals surface area contributed by atoms with E-state index in [4.69, 9.17) is 5.73 Å². The highest BCUT2D eigenvalue weighted by Gasteiger charge is 2.34. The van der Waals surface area contributed by atoms with E-state index in [0.717, 1.165) is 25.8 Å². The molecule has 0 heterocycles. The zero-order chi connectivity index (χ0) is 9.73. The lowest BCUT2D eigenvalue weighted by Gasteiger charge is -2.28. The molecule has 1 nitrogen and oxygen atoms in total. The van der Waals surface area contributed by atoms with Crippen LogP contribution in [0.15, 0.2) is 0 Å². The Morgan fingerprint density at radius 1 is 1.15 bits per heavy atom. The molecule has 0 amide bonds. The summed E-state index contributed by atoms with van der Waals surface area (Å²) >= 11 is 0. The first-order valence-electron chi connectivity index (χ1n) is 5.22. The molecule has 0 aliphatic heterocycles. The van der Waals surface area contributed by atoms with E-state index >= 15 is 0 Å². The van der Waals surface area contributed by atoms with Crippen LogP contribution in [0.2, 0.25) is 0 Å². The van der Waals surface area contributed by atoms with Crippen LogP contribution in [0, 0.1) is 5.92 Å². The molecule has 0 unspecified atom stereocenters. The number of hydrogen-bond donors (Lipinski definition) is 1. The van der Waals surface area contributed by atoms with Crippen LogP contribution in [0.25, 0.3) is 0 Å². The molecule has 1 aliphatic carbocycles. The smallest absolute Gasteiger partial charge is 0.248 e. The van der Waals surface area contributed by atoms with Crippen molar-refractivity contribution in [3.8, 4) is 0 Å². The molecule has 1 saturated carbocycles. The number of alkyl halides is 2. The quantitative estimate of drug-likeness (QED) is 0.679. The third kappa shape index (κ3) is 4.03. The van der Waals surface area contributed by atoms with E-state index in [1.54, 1.807) is 0 Å². The average molecular weight is 191 g/mol. The van der Waals surface area contributed by atoms with Crippen LogP contribution in [0.1, 0.15) is 44.9 Å². The van der Waals surface area contributed by atoms with Crippen molar-refractivity contribution in [1.82, 2.24) is 0 Å². The highest BCUT2D eigenvalue weighted by molar-refractivity contribution is 4.77. The minimum absolute atomic E-state index is 0.0975. The summed E-state index contributed by atoms with van der Waals surface area (Å²) in [5, 5.41) is 0. The molecule has 2 N–H and O–H groups in total. The van der Waals surface area contributed by atoms with Gasteiger partial charge >= 0.3 is 0 Å². The third-order valence-corrected chi connectivity index (χ3v) is 2.90. The van der Waals surface area contributed by atoms with E-state index in [1.807, 2.05) is 0 Å². The SMILES string of the molecule is NCCCCC1CCC(F)(F)CC1. The molecule has 0 atom stereocenters. The van der Waals surface area contributed by atoms with Crippen molar-refractivity contribution in [2.45, 2.75) is 50.9 Å². The number of unbranched alkanes of at least 4 members (excludes halogenated alkanes) is 1. The summed E-state index contributed by atoms with van der Waals surface area (Å²) in [5.74, 6) is -1.84. The summed E-state index contributed by atoms with van der Waals surface area (Å²) < 4.78 is 25.5. The molecule has 1 fully saturated rings. The maximum absolute atomic E-state index is 12.7. The standard InChI is InChI=1S/C10H19F2N/c11-10(12)6-4-9(5-7-10)3-1-2-8-13/h9H,1-8,13H2. The van der Waals surface area contributed by atoms with Gasteiger partial charge in [-0.3, -0.25) is 0 Å². The maximum atomic E-state index is 12.7. The van der Waals surface area contributed by atoms with Crippen LogP contribution >= 0.6 is 0 Å². The first kappa shape index (κ1) is 10.9. The van der Waals surface area contributed by atoms with Gasteiger partial charge in [-0.25, -0.2) is 8.78 Å². The summed E-state index contributed by atoms with van der Waals surface area (Å²) in [6, 6.07) is 0. The number of halogens is 2. The van der Waals surface area contributed by atoms with Crippen LogP contribution < -0.4 is 5.73 Å². The molecule has 1 aliphatic rings. The lowest BCUT2D eigenvalue weighted by molar-refractivity contribution is -0.0466. The van der Waals surface area contributed by atoms with Crippen LogP contribution in [-0.2, 0) is 0 Å². The van der Waals surface area contributed by atoms with Crippen LogP contribution in [-0.4, -0.2) is 12.5 Å². The fourth-order valence-corrected chi connectivity index (χ4v) is 1.97. The highest BCUT2D eigenvalue weighted by atomic mass is 19.3. The molecule has 0 aromatic rings. The summed E-state index contributed by atoms with van der Waals surface area (Å²) in [4.78, 5) is 0. The molecule has 0 spiro atoms. The summed E-state index contributed by atoms with van der Waals surface area (Å²) in [6.07, 6.45) is 4.84. The number of rotatable bonds is 4. The second kappa shape index (κ2) is 4.89. The maximum Gasteiger partial charge on any atom is 0.248 e. The molecule has 1 rings (SSSR count). The first-order chi connectivity index (χ1) is 6.14. The fraction of sp³-hybridized carbons (Fsp3) is 1.00. The Balaban J connectivity index is 2.11. The molecule has 0 radical (unpaired) electrons. The van der Waals surface area contributed by atoms with Gasteiger partial charge in [-0.2, -0.15) is 0 Å². The van der Waals surface area contributed by atoms with E-state index in [-0.39, 0.29) is 12.8 Å². The first-order valence-corrected chi connectivity index (χ1v) is 5.22. The normalized spacial score (nSPS) is 23.3. The van der Waals surface area contributed by atoms with Crippen molar-refractivity contribution in [1.29, 1.82) is 0 Å². The molecular formula is C10H19F2N. The Hall–Kier alpha value is -0.180. The van der Waals surface area contributed by atoms with Crippen molar-refractivity contribution in [3.05, 3.63) is 0 Å². The Kier molecular flexibility index (Phi) is 4.10. The van der Waals surface area contributed by atoms with E-state index < -0.39 is 5.92 Å². The topological polar surface area (TPSA) is 26.0 Å². The number of hydrogen-bond acceptors (Lipinski definition) is 1. The number of nitrogens with two attached hydrogens (primary N) is 1. The van der Waals surface area contributed by atoms with Gasteiger partial charge in [0.25, 0.3) is 0 Å². The summed E-state index contributed by atoms with van der Waals surface area (Å²) in [5.41, 5.74) is 5.37. The molecule has 78 valence electrons. The van der Waals surface area contributed by atoms with Gasteiger partial charge < -0.3 is 5.73 Å². The van der Waals surface area contributed by atoms with Gasteiger partial charge in [0.15, 0.2) is 0 Å². The molecule has 13 heavy (non-hydrogen) atoms. The fourth-order valence-electron chi connectivity index (χ4n) is 1.97. The minimum Gasteiger partial charge on any atom is -0.330 e. The molecular weight excluding hydrogens is 172 g/mol. The van der Waals surface area contributed by atoms with Gasteiger partial charge in [0.2, 0.25) is 5.92 Å². The summed E-state index contributed by atoms with van der Waals surface area (Å²) in [6.45, 7) is 0.725. The van der Waals surface area contributed by atoms with Gasteiger partial charge in [-0.1, -0.05) is 12.8 Å². The monoisotopic (exact) mass is 191 g/mol. The van der Waals surface area contributed by atoms with E-state index in [9.17, 15) is 8.78 Å². The van der Waals surface area contributed by atoms with Crippen LogP contribution in [0.3, 0.4) is 0 Å². The Morgan fingerprint density at radius 2 is 1.77 bits per heavy atom. The lowest BCUT2D eigenvalue weighted by Crippen LogP contribution is -2.24. The van der Waals surface area contributed by atoms with Gasteiger partial charge in [-0.05, 0) is 31.7 Å². The molecule has 0 saturated heterocycles. The van der Waals surface area contributed by atoms with Crippen molar-refractivity contribution in [2.75, 3.05) is 6.54 Å². The molecule has 0 aromatic heterocycles. The Bertz CT molecular complexity index is 138. The average Bonchev–Trinajstić information content (AvgIpc) is 2.08. The Labute approximate surface area is 78.7 Å². The zero-order valence-corrected chi connectivity index (χ0v) is 8.07. The Morgan fingerprint density at radius 3 is 2.31 bits per heavy atom. The van der Waals surface area contributed by atoms with Crippen molar-refractivity contribution < 1.29 is 8.78 Å². The minimum atomic E-state index is -2.37. The summed E-state index contributed by atoms with van der Waals surface area (Å²) in [7, 11) is 0. The largest absolute Gasteiger partial charge is 0.330 e. The molecule has 0 bridgehead atoms. The van der Waals surface area contributed by atoms with E-state index in [0.29, 0.717) is 18.8 Å². The van der Waals surface area contributed by atoms with Crippen molar-refractivity contribution in [2.24, 2.45) is 11.7 Å². The van der Waals surface area contributed by atoms with Gasteiger partial charge in [0.05, 0.1) is 0 Å². The van der Waals surface area contributed by atoms with Crippen LogP contribution in [0.4, 0.5) is 8.78 Å². The predicted octanol–water partition coefficient (Wildman–Crippen LogP) is 2.94. The van der Waals surface area contributed by atoms with E-state index in [1.165, 1.54) is 0 Å². The van der Waals surface area contributed by atoms with E-state index in [2.05, 4.69) is 0 Å². The van der Waals surface area contributed by atoms with Crippen molar-refractivity contribution in [3.63, 3.8) is 0 Å². The van der Waals surface area contributed by atoms with Gasteiger partial charge in [-0.15, -0.1) is 0 Å². The third-order valence-electron chi connectivity index (χ3n) is 2.90. The lowest BCUT2D eigenvalue weighted by atomic mass is 9.84. The van der Waals surface area contributed by atoms with Crippen molar-refractivity contribution >= 4 is 0 Å². The van der Waals surface area contributed by atoms with Gasteiger partial charge in [0.1, 0.15) is 0 Å². The van der Waals surface area contributed by atoms with Crippen LogP contribution in [0.5, 0.6) is 0 Å².